The third-order valence-electron chi connectivity index (χ3n) is 3.51. The van der Waals surface area contributed by atoms with Crippen LogP contribution >= 0.6 is 0 Å². The number of halogens is 2. The van der Waals surface area contributed by atoms with E-state index >= 15 is 0 Å². The van der Waals surface area contributed by atoms with Gasteiger partial charge >= 0.3 is 0 Å². The summed E-state index contributed by atoms with van der Waals surface area (Å²) in [7, 11) is 0. The molecule has 3 rings (SSSR count). The highest BCUT2D eigenvalue weighted by Crippen LogP contribution is 2.28. The van der Waals surface area contributed by atoms with Gasteiger partial charge in [0.2, 0.25) is 0 Å². The summed E-state index contributed by atoms with van der Waals surface area (Å²) in [6.07, 6.45) is 3.14. The largest absolute Gasteiger partial charge is 0.273 e. The smallest absolute Gasteiger partial charge is 0.259 e. The van der Waals surface area contributed by atoms with Crippen LogP contribution in [0.15, 0.2) is 36.8 Å². The maximum atomic E-state index is 13.4. The summed E-state index contributed by atoms with van der Waals surface area (Å²) in [6, 6.07) is 7.69. The molecule has 5 nitrogen and oxygen atoms in total. The van der Waals surface area contributed by atoms with E-state index in [0.29, 0.717) is 23.8 Å². The van der Waals surface area contributed by atoms with Gasteiger partial charge in [-0.25, -0.2) is 23.7 Å². The summed E-state index contributed by atoms with van der Waals surface area (Å²) in [6.45, 7) is 2.42. The minimum absolute atomic E-state index is 0.137. The van der Waals surface area contributed by atoms with Crippen LogP contribution in [0, 0.1) is 6.92 Å². The molecule has 2 heterocycles. The lowest BCUT2D eigenvalue weighted by molar-refractivity contribution is 0.0159. The molecule has 0 fully saturated rings. The second-order valence-electron chi connectivity index (χ2n) is 5.38. The fraction of sp³-hybridized carbons (Fsp3) is 0.250. The molecule has 1 aromatic carbocycles. The number of aromatic nitrogens is 5. The number of aryl methyl sites for hydroxylation is 1. The Labute approximate surface area is 131 Å². The number of benzene rings is 1. The van der Waals surface area contributed by atoms with Gasteiger partial charge in [0, 0.05) is 25.1 Å². The first-order valence-corrected chi connectivity index (χ1v) is 7.09. The highest BCUT2D eigenvalue weighted by molar-refractivity contribution is 5.54. The fourth-order valence-electron chi connectivity index (χ4n) is 2.34. The van der Waals surface area contributed by atoms with Gasteiger partial charge in [-0.05, 0) is 12.5 Å². The zero-order valence-electron chi connectivity index (χ0n) is 12.7. The second kappa shape index (κ2) is 5.83. The number of hydrogen-bond donors (Lipinski definition) is 1. The lowest BCUT2D eigenvalue weighted by atomic mass is 10.1. The first-order valence-electron chi connectivity index (χ1n) is 7.09. The number of nitrogens with one attached hydrogen (secondary N) is 1. The molecule has 0 aliphatic rings. The van der Waals surface area contributed by atoms with Crippen LogP contribution in [0.1, 0.15) is 29.6 Å². The molecule has 0 radical (unpaired) electrons. The molecule has 0 spiro atoms. The van der Waals surface area contributed by atoms with Crippen molar-refractivity contribution >= 4 is 0 Å². The summed E-state index contributed by atoms with van der Waals surface area (Å²) in [5.41, 5.74) is 2.08. The van der Waals surface area contributed by atoms with Crippen LogP contribution in [0.4, 0.5) is 8.78 Å². The minimum atomic E-state index is -2.93. The Morgan fingerprint density at radius 2 is 1.87 bits per heavy atom. The van der Waals surface area contributed by atoms with Gasteiger partial charge in [0.25, 0.3) is 5.92 Å². The van der Waals surface area contributed by atoms with Gasteiger partial charge in [0.05, 0.1) is 11.3 Å². The molecular formula is C16H15F2N5. The summed E-state index contributed by atoms with van der Waals surface area (Å²) >= 11 is 0. The predicted molar refractivity (Wildman–Crippen MR) is 81.0 cm³/mol. The number of H-pyrrole nitrogens is 1. The molecule has 0 unspecified atom stereocenters. The molecule has 23 heavy (non-hydrogen) atoms. The number of hydrogen-bond acceptors (Lipinski definition) is 4. The van der Waals surface area contributed by atoms with Gasteiger partial charge in [-0.1, -0.05) is 24.3 Å². The summed E-state index contributed by atoms with van der Waals surface area (Å²) in [5, 5.41) is 6.60. The van der Waals surface area contributed by atoms with E-state index in [4.69, 9.17) is 0 Å². The maximum absolute atomic E-state index is 13.4. The molecule has 0 aliphatic carbocycles. The predicted octanol–water partition coefficient (Wildman–Crippen LogP) is 3.27. The molecule has 0 atom stereocenters. The monoisotopic (exact) mass is 315 g/mol. The van der Waals surface area contributed by atoms with Crippen molar-refractivity contribution in [3.8, 4) is 11.4 Å². The molecule has 7 heteroatoms. The Kier molecular flexibility index (Phi) is 3.85. The van der Waals surface area contributed by atoms with E-state index in [9.17, 15) is 8.78 Å². The van der Waals surface area contributed by atoms with Crippen LogP contribution in [-0.2, 0) is 12.3 Å². The Bertz CT molecular complexity index is 792. The minimum Gasteiger partial charge on any atom is -0.259 e. The van der Waals surface area contributed by atoms with E-state index < -0.39 is 5.92 Å². The molecule has 0 aliphatic heterocycles. The maximum Gasteiger partial charge on any atom is 0.273 e. The molecule has 0 amide bonds. The van der Waals surface area contributed by atoms with Crippen molar-refractivity contribution in [2.45, 2.75) is 26.2 Å². The number of aromatic amines is 1. The number of rotatable bonds is 4. The van der Waals surface area contributed by atoms with Crippen LogP contribution < -0.4 is 0 Å². The molecule has 0 saturated heterocycles. The highest BCUT2D eigenvalue weighted by atomic mass is 19.3. The molecule has 2 aromatic heterocycles. The second-order valence-corrected chi connectivity index (χ2v) is 5.38. The quantitative estimate of drug-likeness (QED) is 0.802. The van der Waals surface area contributed by atoms with Gasteiger partial charge in [-0.15, -0.1) is 0 Å². The fourth-order valence-corrected chi connectivity index (χ4v) is 2.34. The summed E-state index contributed by atoms with van der Waals surface area (Å²) < 4.78 is 26.7. The standard InChI is InChI=1S/C16H15F2N5/c1-10-13(16(2,17)18)8-19-14(22-10)7-11-3-5-12(6-4-11)15-20-9-21-23-15/h3-6,8-9H,7H2,1-2H3,(H,20,21,23). The first-order chi connectivity index (χ1) is 10.9. The van der Waals surface area contributed by atoms with Crippen molar-refractivity contribution in [1.82, 2.24) is 25.1 Å². The zero-order chi connectivity index (χ0) is 16.4. The average molecular weight is 315 g/mol. The molecular weight excluding hydrogens is 300 g/mol. The third-order valence-corrected chi connectivity index (χ3v) is 3.51. The normalized spacial score (nSPS) is 11.7. The Balaban J connectivity index is 1.78. The van der Waals surface area contributed by atoms with Gasteiger partial charge in [0.1, 0.15) is 12.2 Å². The van der Waals surface area contributed by atoms with E-state index in [2.05, 4.69) is 25.1 Å². The van der Waals surface area contributed by atoms with Crippen molar-refractivity contribution in [1.29, 1.82) is 0 Å². The topological polar surface area (TPSA) is 67.3 Å². The molecule has 118 valence electrons. The van der Waals surface area contributed by atoms with Gasteiger partial charge in [-0.3, -0.25) is 5.10 Å². The van der Waals surface area contributed by atoms with Gasteiger partial charge < -0.3 is 0 Å². The lowest BCUT2D eigenvalue weighted by Gasteiger charge is -2.13. The van der Waals surface area contributed by atoms with Crippen LogP contribution in [0.3, 0.4) is 0 Å². The third kappa shape index (κ3) is 3.39. The van der Waals surface area contributed by atoms with Crippen molar-refractivity contribution < 1.29 is 8.78 Å². The molecule has 3 aromatic rings. The Morgan fingerprint density at radius 3 is 2.43 bits per heavy atom. The first kappa shape index (κ1) is 15.2. The Hall–Kier alpha value is -2.70. The van der Waals surface area contributed by atoms with Crippen molar-refractivity contribution in [3.63, 3.8) is 0 Å². The van der Waals surface area contributed by atoms with Gasteiger partial charge in [-0.2, -0.15) is 5.10 Å². The van der Waals surface area contributed by atoms with E-state index in [-0.39, 0.29) is 5.56 Å². The van der Waals surface area contributed by atoms with E-state index in [0.717, 1.165) is 18.1 Å². The van der Waals surface area contributed by atoms with Crippen molar-refractivity contribution in [2.75, 3.05) is 0 Å². The zero-order valence-corrected chi connectivity index (χ0v) is 12.7. The molecule has 1 N–H and O–H groups in total. The SMILES string of the molecule is Cc1nc(Cc2ccc(-c3ncn[nH]3)cc2)ncc1C(C)(F)F. The van der Waals surface area contributed by atoms with E-state index in [1.165, 1.54) is 12.5 Å². The average Bonchev–Trinajstić information content (AvgIpc) is 3.01. The number of nitrogens with zero attached hydrogens (tertiary/aromatic N) is 4. The van der Waals surface area contributed by atoms with Crippen molar-refractivity contribution in [2.24, 2.45) is 0 Å². The summed E-state index contributed by atoms with van der Waals surface area (Å²) in [4.78, 5) is 12.3. The summed E-state index contributed by atoms with van der Waals surface area (Å²) in [5.74, 6) is -1.72. The Morgan fingerprint density at radius 1 is 1.13 bits per heavy atom. The van der Waals surface area contributed by atoms with Crippen LogP contribution in [-0.4, -0.2) is 25.1 Å². The van der Waals surface area contributed by atoms with Crippen molar-refractivity contribution in [3.05, 3.63) is 59.4 Å². The highest BCUT2D eigenvalue weighted by Gasteiger charge is 2.27. The molecule has 0 saturated carbocycles. The van der Waals surface area contributed by atoms with Crippen LogP contribution in [0.2, 0.25) is 0 Å². The van der Waals surface area contributed by atoms with E-state index in [1.54, 1.807) is 6.92 Å². The van der Waals surface area contributed by atoms with Gasteiger partial charge in [0.15, 0.2) is 5.82 Å². The van der Waals surface area contributed by atoms with E-state index in [1.807, 2.05) is 24.3 Å². The van der Waals surface area contributed by atoms with Crippen LogP contribution in [0.5, 0.6) is 0 Å². The van der Waals surface area contributed by atoms with Crippen LogP contribution in [0.25, 0.3) is 11.4 Å². The molecule has 0 bridgehead atoms. The lowest BCUT2D eigenvalue weighted by Crippen LogP contribution is -2.12. The number of alkyl halides is 2.